The van der Waals surface area contributed by atoms with E-state index in [1.165, 1.54) is 0 Å². The Hall–Kier alpha value is -1.47. The van der Waals surface area contributed by atoms with Crippen LogP contribution in [0.3, 0.4) is 0 Å². The van der Waals surface area contributed by atoms with E-state index in [9.17, 15) is 4.79 Å². The molecule has 116 valence electrons. The van der Waals surface area contributed by atoms with Crippen molar-refractivity contribution in [1.29, 1.82) is 0 Å². The van der Waals surface area contributed by atoms with Gasteiger partial charge in [-0.1, -0.05) is 10.3 Å². The number of likely N-dealkylation sites (tertiary alicyclic amines) is 1. The minimum atomic E-state index is -0.198. The Balaban J connectivity index is 1.65. The van der Waals surface area contributed by atoms with Crippen LogP contribution in [-0.4, -0.2) is 59.6 Å². The first kappa shape index (κ1) is 14.5. The summed E-state index contributed by atoms with van der Waals surface area (Å²) in [5.41, 5.74) is 1.07. The van der Waals surface area contributed by atoms with Crippen LogP contribution < -0.4 is 0 Å². The van der Waals surface area contributed by atoms with Gasteiger partial charge in [-0.05, 0) is 26.2 Å². The summed E-state index contributed by atoms with van der Waals surface area (Å²) >= 11 is 0. The van der Waals surface area contributed by atoms with Gasteiger partial charge in [0.15, 0.2) is 0 Å². The Morgan fingerprint density at radius 3 is 2.95 bits per heavy atom. The molecule has 2 fully saturated rings. The summed E-state index contributed by atoms with van der Waals surface area (Å²) in [6, 6.07) is 0. The predicted molar refractivity (Wildman–Crippen MR) is 72.7 cm³/mol. The van der Waals surface area contributed by atoms with Crippen molar-refractivity contribution in [2.24, 2.45) is 0 Å². The second kappa shape index (κ2) is 5.73. The van der Waals surface area contributed by atoms with Gasteiger partial charge in [0.25, 0.3) is 0 Å². The summed E-state index contributed by atoms with van der Waals surface area (Å²) in [5.74, 6) is 0.0312. The van der Waals surface area contributed by atoms with Crippen molar-refractivity contribution >= 4 is 5.91 Å². The Kier molecular flexibility index (Phi) is 3.95. The number of aromatic nitrogens is 2. The minimum Gasteiger partial charge on any atom is -0.377 e. The fourth-order valence-corrected chi connectivity index (χ4v) is 3.29. The molecule has 3 heterocycles. The number of ether oxygens (including phenoxy) is 2. The standard InChI is InChI=1S/C14H21N3O4/c1-10-11(16-21-15-10)8-13(18)17-6-5-14(4-3-7-20-14)12(9-17)19-2/h12H,3-9H2,1-2H3/t12-,14-/m0/s1. The summed E-state index contributed by atoms with van der Waals surface area (Å²) in [5, 5.41) is 7.47. The average Bonchev–Trinajstić information content (AvgIpc) is 3.10. The lowest BCUT2D eigenvalue weighted by molar-refractivity contribution is -0.158. The lowest BCUT2D eigenvalue weighted by Crippen LogP contribution is -2.57. The molecule has 2 atom stereocenters. The summed E-state index contributed by atoms with van der Waals surface area (Å²) in [6.07, 6.45) is 3.07. The fraction of sp³-hybridized carbons (Fsp3) is 0.786. The Morgan fingerprint density at radius 2 is 2.33 bits per heavy atom. The fourth-order valence-electron chi connectivity index (χ4n) is 3.29. The van der Waals surface area contributed by atoms with E-state index in [1.54, 1.807) is 14.0 Å². The number of methoxy groups -OCH3 is 1. The maximum absolute atomic E-state index is 12.4. The molecule has 21 heavy (non-hydrogen) atoms. The van der Waals surface area contributed by atoms with Gasteiger partial charge < -0.3 is 14.4 Å². The van der Waals surface area contributed by atoms with Crippen LogP contribution in [0.15, 0.2) is 4.63 Å². The van der Waals surface area contributed by atoms with Gasteiger partial charge in [-0.15, -0.1) is 0 Å². The first-order valence-electron chi connectivity index (χ1n) is 7.37. The molecular formula is C14H21N3O4. The second-order valence-corrected chi connectivity index (χ2v) is 5.80. The van der Waals surface area contributed by atoms with Crippen LogP contribution in [0.25, 0.3) is 0 Å². The maximum Gasteiger partial charge on any atom is 0.228 e. The highest BCUT2D eigenvalue weighted by molar-refractivity contribution is 5.78. The molecule has 1 amide bonds. The van der Waals surface area contributed by atoms with E-state index in [2.05, 4.69) is 14.9 Å². The van der Waals surface area contributed by atoms with E-state index >= 15 is 0 Å². The number of aryl methyl sites for hydroxylation is 1. The van der Waals surface area contributed by atoms with Crippen LogP contribution in [0.2, 0.25) is 0 Å². The van der Waals surface area contributed by atoms with E-state index in [0.29, 0.717) is 24.5 Å². The largest absolute Gasteiger partial charge is 0.377 e. The molecule has 0 unspecified atom stereocenters. The molecule has 0 radical (unpaired) electrons. The summed E-state index contributed by atoms with van der Waals surface area (Å²) in [6.45, 7) is 3.84. The molecule has 1 aromatic rings. The van der Waals surface area contributed by atoms with Gasteiger partial charge in [0.1, 0.15) is 17.5 Å². The molecule has 2 saturated heterocycles. The van der Waals surface area contributed by atoms with Gasteiger partial charge in [0.2, 0.25) is 5.91 Å². The van der Waals surface area contributed by atoms with E-state index in [1.807, 2.05) is 4.90 Å². The first-order valence-corrected chi connectivity index (χ1v) is 7.37. The molecule has 2 aliphatic rings. The highest BCUT2D eigenvalue weighted by Gasteiger charge is 2.47. The van der Waals surface area contributed by atoms with Crippen LogP contribution in [-0.2, 0) is 20.7 Å². The number of nitrogens with zero attached hydrogens (tertiary/aromatic N) is 3. The molecule has 1 aromatic heterocycles. The SMILES string of the molecule is CO[C@H]1CN(C(=O)Cc2nonc2C)CC[C@@]12CCCO2. The minimum absolute atomic E-state index is 0.0312. The smallest absolute Gasteiger partial charge is 0.228 e. The Morgan fingerprint density at radius 1 is 1.48 bits per heavy atom. The molecule has 2 aliphatic heterocycles. The van der Waals surface area contributed by atoms with Gasteiger partial charge in [-0.3, -0.25) is 4.79 Å². The van der Waals surface area contributed by atoms with Crippen molar-refractivity contribution in [2.75, 3.05) is 26.8 Å². The predicted octanol–water partition coefficient (Wildman–Crippen LogP) is 0.717. The van der Waals surface area contributed by atoms with Crippen LogP contribution in [0.1, 0.15) is 30.7 Å². The van der Waals surface area contributed by atoms with Crippen molar-refractivity contribution in [2.45, 2.75) is 44.3 Å². The third kappa shape index (κ3) is 2.67. The lowest BCUT2D eigenvalue weighted by Gasteiger charge is -2.44. The quantitative estimate of drug-likeness (QED) is 0.817. The highest BCUT2D eigenvalue weighted by Crippen LogP contribution is 2.37. The molecule has 1 spiro atoms. The molecule has 3 rings (SSSR count). The lowest BCUT2D eigenvalue weighted by atomic mass is 9.85. The van der Waals surface area contributed by atoms with Crippen LogP contribution in [0.4, 0.5) is 0 Å². The van der Waals surface area contributed by atoms with Crippen LogP contribution in [0, 0.1) is 6.92 Å². The molecule has 7 nitrogen and oxygen atoms in total. The number of amides is 1. The third-order valence-corrected chi connectivity index (χ3v) is 4.61. The van der Waals surface area contributed by atoms with Crippen molar-refractivity contribution < 1.29 is 18.9 Å². The van der Waals surface area contributed by atoms with E-state index in [0.717, 1.165) is 25.9 Å². The zero-order valence-electron chi connectivity index (χ0n) is 12.5. The summed E-state index contributed by atoms with van der Waals surface area (Å²) in [7, 11) is 1.69. The maximum atomic E-state index is 12.4. The van der Waals surface area contributed by atoms with Gasteiger partial charge in [0, 0.05) is 26.8 Å². The average molecular weight is 295 g/mol. The van der Waals surface area contributed by atoms with Gasteiger partial charge >= 0.3 is 0 Å². The van der Waals surface area contributed by atoms with Crippen molar-refractivity contribution in [1.82, 2.24) is 15.2 Å². The summed E-state index contributed by atoms with van der Waals surface area (Å²) < 4.78 is 16.2. The number of hydrogen-bond donors (Lipinski definition) is 0. The molecule has 0 N–H and O–H groups in total. The molecular weight excluding hydrogens is 274 g/mol. The molecule has 0 aromatic carbocycles. The van der Waals surface area contributed by atoms with Gasteiger partial charge in [0.05, 0.1) is 12.0 Å². The number of carbonyl (C=O) groups is 1. The van der Waals surface area contributed by atoms with Crippen LogP contribution in [0.5, 0.6) is 0 Å². The zero-order chi connectivity index (χ0) is 14.9. The van der Waals surface area contributed by atoms with E-state index in [-0.39, 0.29) is 24.0 Å². The number of hydrogen-bond acceptors (Lipinski definition) is 6. The number of carbonyl (C=O) groups excluding carboxylic acids is 1. The first-order chi connectivity index (χ1) is 10.1. The van der Waals surface area contributed by atoms with E-state index < -0.39 is 0 Å². The van der Waals surface area contributed by atoms with Crippen molar-refractivity contribution in [3.63, 3.8) is 0 Å². The Bertz CT molecular complexity index is 510. The topological polar surface area (TPSA) is 77.7 Å². The normalized spacial score (nSPS) is 29.2. The molecule has 7 heteroatoms. The molecule has 0 aliphatic carbocycles. The van der Waals surface area contributed by atoms with Gasteiger partial charge in [-0.2, -0.15) is 0 Å². The summed E-state index contributed by atoms with van der Waals surface area (Å²) in [4.78, 5) is 14.2. The highest BCUT2D eigenvalue weighted by atomic mass is 16.6. The van der Waals surface area contributed by atoms with Crippen molar-refractivity contribution in [3.05, 3.63) is 11.4 Å². The van der Waals surface area contributed by atoms with E-state index in [4.69, 9.17) is 9.47 Å². The zero-order valence-corrected chi connectivity index (χ0v) is 12.5. The van der Waals surface area contributed by atoms with Crippen molar-refractivity contribution in [3.8, 4) is 0 Å². The second-order valence-electron chi connectivity index (χ2n) is 5.80. The monoisotopic (exact) mass is 295 g/mol. The number of piperidine rings is 1. The third-order valence-electron chi connectivity index (χ3n) is 4.61. The number of rotatable bonds is 3. The van der Waals surface area contributed by atoms with Gasteiger partial charge in [-0.25, -0.2) is 4.63 Å². The molecule has 0 bridgehead atoms. The Labute approximate surface area is 123 Å². The molecule has 0 saturated carbocycles. The van der Waals surface area contributed by atoms with Crippen LogP contribution >= 0.6 is 0 Å².